The van der Waals surface area contributed by atoms with Gasteiger partial charge in [-0.05, 0) is 17.7 Å². The van der Waals surface area contributed by atoms with Gasteiger partial charge in [0.15, 0.2) is 11.5 Å². The topological polar surface area (TPSA) is 66.5 Å². The van der Waals surface area contributed by atoms with E-state index < -0.39 is 5.41 Å². The molecule has 0 saturated heterocycles. The van der Waals surface area contributed by atoms with Crippen LogP contribution in [-0.2, 0) is 19.7 Å². The first-order valence-electron chi connectivity index (χ1n) is 9.31. The number of nitrogens with zero attached hydrogens (tertiary/aromatic N) is 1. The van der Waals surface area contributed by atoms with Gasteiger partial charge >= 0.3 is 0 Å². The first kappa shape index (κ1) is 17.3. The van der Waals surface area contributed by atoms with Crippen LogP contribution in [0.15, 0.2) is 36.4 Å². The quantitative estimate of drug-likeness (QED) is 0.712. The van der Waals surface area contributed by atoms with Crippen molar-refractivity contribution in [3.63, 3.8) is 0 Å². The minimum atomic E-state index is -0.862. The molecule has 3 heterocycles. The van der Waals surface area contributed by atoms with Gasteiger partial charge in [0.25, 0.3) is 0 Å². The van der Waals surface area contributed by atoms with Gasteiger partial charge in [-0.3, -0.25) is 4.79 Å². The molecule has 7 heteroatoms. The number of hydrogen-bond acceptors (Lipinski definition) is 6. The molecule has 3 aliphatic rings. The minimum absolute atomic E-state index is 0.00153. The lowest BCUT2D eigenvalue weighted by Crippen LogP contribution is -2.43. The van der Waals surface area contributed by atoms with Crippen molar-refractivity contribution in [1.82, 2.24) is 0 Å². The zero-order valence-corrected chi connectivity index (χ0v) is 15.6. The average molecular weight is 383 g/mol. The summed E-state index contributed by atoms with van der Waals surface area (Å²) in [7, 11) is 1.64. The molecular weight excluding hydrogens is 362 g/mol. The lowest BCUT2D eigenvalue weighted by atomic mass is 9.77. The maximum atomic E-state index is 13.7. The van der Waals surface area contributed by atoms with Crippen molar-refractivity contribution < 1.29 is 28.5 Å². The predicted octanol–water partition coefficient (Wildman–Crippen LogP) is 2.10. The molecule has 1 amide bonds. The van der Waals surface area contributed by atoms with E-state index in [1.807, 2.05) is 36.4 Å². The number of benzene rings is 2. The minimum Gasteiger partial charge on any atom is -0.491 e. The van der Waals surface area contributed by atoms with Crippen molar-refractivity contribution in [3.8, 4) is 17.2 Å². The third-order valence-electron chi connectivity index (χ3n) is 5.53. The first-order chi connectivity index (χ1) is 13.8. The molecule has 0 bridgehead atoms. The van der Waals surface area contributed by atoms with E-state index in [1.54, 1.807) is 12.0 Å². The Bertz CT molecular complexity index is 929. The Balaban J connectivity index is 1.51. The number of amides is 1. The molecule has 7 nitrogen and oxygen atoms in total. The molecule has 2 aromatic rings. The molecule has 0 aliphatic carbocycles. The standard InChI is InChI=1S/C21H21NO6/c1-24-8-9-25-7-6-22-16-5-3-2-4-14(16)21(20(22)23)12-26-17-11-19-18(10-15(17)21)27-13-28-19/h2-5,10-11H,6-9,12-13H2,1H3. The van der Waals surface area contributed by atoms with Gasteiger partial charge in [-0.1, -0.05) is 18.2 Å². The van der Waals surface area contributed by atoms with E-state index in [4.69, 9.17) is 23.7 Å². The van der Waals surface area contributed by atoms with Gasteiger partial charge in [0.1, 0.15) is 17.8 Å². The summed E-state index contributed by atoms with van der Waals surface area (Å²) in [6.07, 6.45) is 0. The average Bonchev–Trinajstić information content (AvgIpc) is 3.38. The molecule has 1 spiro atoms. The van der Waals surface area contributed by atoms with Crippen molar-refractivity contribution in [3.05, 3.63) is 47.5 Å². The molecule has 0 fully saturated rings. The fourth-order valence-corrected chi connectivity index (χ4v) is 4.19. The molecule has 0 aromatic heterocycles. The highest BCUT2D eigenvalue weighted by molar-refractivity contribution is 6.11. The molecule has 146 valence electrons. The Kier molecular flexibility index (Phi) is 4.14. The van der Waals surface area contributed by atoms with Crippen LogP contribution in [0.2, 0.25) is 0 Å². The lowest BCUT2D eigenvalue weighted by molar-refractivity contribution is -0.122. The Labute approximate surface area is 162 Å². The lowest BCUT2D eigenvalue weighted by Gasteiger charge is -2.23. The summed E-state index contributed by atoms with van der Waals surface area (Å²) >= 11 is 0. The van der Waals surface area contributed by atoms with Gasteiger partial charge < -0.3 is 28.6 Å². The van der Waals surface area contributed by atoms with E-state index in [9.17, 15) is 4.79 Å². The summed E-state index contributed by atoms with van der Waals surface area (Å²) in [5.74, 6) is 1.97. The highest BCUT2D eigenvalue weighted by Gasteiger charge is 2.57. The molecule has 1 unspecified atom stereocenters. The van der Waals surface area contributed by atoms with Crippen molar-refractivity contribution in [1.29, 1.82) is 0 Å². The Morgan fingerprint density at radius 3 is 2.68 bits per heavy atom. The molecule has 0 radical (unpaired) electrons. The number of carbonyl (C=O) groups excluding carboxylic acids is 1. The van der Waals surface area contributed by atoms with E-state index in [2.05, 4.69) is 0 Å². The second-order valence-corrected chi connectivity index (χ2v) is 6.97. The SMILES string of the molecule is COCCOCCN1C(=O)C2(COc3cc4c(cc32)OCO4)c2ccccc21. The number of fused-ring (bicyclic) bond motifs is 5. The summed E-state index contributed by atoms with van der Waals surface area (Å²) in [4.78, 5) is 15.5. The molecule has 1 atom stereocenters. The van der Waals surface area contributed by atoms with Gasteiger partial charge in [-0.15, -0.1) is 0 Å². The van der Waals surface area contributed by atoms with E-state index in [1.165, 1.54) is 0 Å². The van der Waals surface area contributed by atoms with Crippen molar-refractivity contribution >= 4 is 11.6 Å². The molecule has 2 aromatic carbocycles. The zero-order valence-electron chi connectivity index (χ0n) is 15.6. The normalized spacial score (nSPS) is 21.2. The number of carbonyl (C=O) groups is 1. The molecule has 5 rings (SSSR count). The molecule has 0 N–H and O–H groups in total. The first-order valence-corrected chi connectivity index (χ1v) is 9.31. The fourth-order valence-electron chi connectivity index (χ4n) is 4.19. The largest absolute Gasteiger partial charge is 0.491 e. The second kappa shape index (κ2) is 6.68. The van der Waals surface area contributed by atoms with Crippen molar-refractivity contribution in [2.75, 3.05) is 51.8 Å². The molecule has 3 aliphatic heterocycles. The van der Waals surface area contributed by atoms with E-state index in [0.29, 0.717) is 43.6 Å². The third kappa shape index (κ3) is 2.40. The smallest absolute Gasteiger partial charge is 0.245 e. The van der Waals surface area contributed by atoms with Crippen LogP contribution in [-0.4, -0.2) is 52.8 Å². The number of para-hydroxylation sites is 1. The summed E-state index contributed by atoms with van der Waals surface area (Å²) in [5.41, 5.74) is 1.82. The fraction of sp³-hybridized carbons (Fsp3) is 0.381. The van der Waals surface area contributed by atoms with Crippen LogP contribution in [0.3, 0.4) is 0 Å². The molecule has 0 saturated carbocycles. The maximum Gasteiger partial charge on any atom is 0.245 e. The zero-order chi connectivity index (χ0) is 19.1. The second-order valence-electron chi connectivity index (χ2n) is 6.97. The number of methoxy groups -OCH3 is 1. The van der Waals surface area contributed by atoms with E-state index in [-0.39, 0.29) is 19.3 Å². The number of rotatable bonds is 6. The van der Waals surface area contributed by atoms with Crippen molar-refractivity contribution in [2.24, 2.45) is 0 Å². The van der Waals surface area contributed by atoms with Gasteiger partial charge in [0.05, 0.1) is 19.8 Å². The van der Waals surface area contributed by atoms with Crippen LogP contribution in [0.4, 0.5) is 5.69 Å². The number of anilines is 1. The highest BCUT2D eigenvalue weighted by atomic mass is 16.7. The van der Waals surface area contributed by atoms with E-state index >= 15 is 0 Å². The third-order valence-corrected chi connectivity index (χ3v) is 5.53. The van der Waals surface area contributed by atoms with Crippen molar-refractivity contribution in [2.45, 2.75) is 5.41 Å². The summed E-state index contributed by atoms with van der Waals surface area (Å²) in [5, 5.41) is 0. The van der Waals surface area contributed by atoms with Crippen LogP contribution in [0.5, 0.6) is 17.2 Å². The Morgan fingerprint density at radius 2 is 1.82 bits per heavy atom. The maximum absolute atomic E-state index is 13.7. The van der Waals surface area contributed by atoms with Crippen LogP contribution in [0, 0.1) is 0 Å². The van der Waals surface area contributed by atoms with Gasteiger partial charge in [0.2, 0.25) is 12.7 Å². The summed E-state index contributed by atoms with van der Waals surface area (Å²) in [6, 6.07) is 11.6. The summed E-state index contributed by atoms with van der Waals surface area (Å²) < 4.78 is 27.6. The van der Waals surface area contributed by atoms with Crippen LogP contribution in [0.1, 0.15) is 11.1 Å². The Hall–Kier alpha value is -2.77. The van der Waals surface area contributed by atoms with Gasteiger partial charge in [-0.2, -0.15) is 0 Å². The number of ether oxygens (including phenoxy) is 5. The molecular formula is C21H21NO6. The monoisotopic (exact) mass is 383 g/mol. The molecule has 28 heavy (non-hydrogen) atoms. The Morgan fingerprint density at radius 1 is 1.00 bits per heavy atom. The number of hydrogen-bond donors (Lipinski definition) is 0. The predicted molar refractivity (Wildman–Crippen MR) is 100 cm³/mol. The van der Waals surface area contributed by atoms with E-state index in [0.717, 1.165) is 16.8 Å². The van der Waals surface area contributed by atoms with Crippen LogP contribution in [0.25, 0.3) is 0 Å². The summed E-state index contributed by atoms with van der Waals surface area (Å²) in [6.45, 7) is 2.39. The van der Waals surface area contributed by atoms with Gasteiger partial charge in [0, 0.05) is 31.0 Å². The van der Waals surface area contributed by atoms with Gasteiger partial charge in [-0.25, -0.2) is 0 Å². The highest BCUT2D eigenvalue weighted by Crippen LogP contribution is 2.54. The van der Waals surface area contributed by atoms with Crippen LogP contribution >= 0.6 is 0 Å². The van der Waals surface area contributed by atoms with Crippen LogP contribution < -0.4 is 19.1 Å².